The number of aromatic nitrogens is 2. The zero-order valence-corrected chi connectivity index (χ0v) is 14.6. The lowest BCUT2D eigenvalue weighted by Gasteiger charge is -2.22. The third-order valence-electron chi connectivity index (χ3n) is 4.61. The lowest BCUT2D eigenvalue weighted by Crippen LogP contribution is -2.36. The zero-order chi connectivity index (χ0) is 17.2. The van der Waals surface area contributed by atoms with Gasteiger partial charge in [0.1, 0.15) is 5.69 Å². The molecule has 0 aliphatic heterocycles. The molecule has 6 heteroatoms. The number of hydrogen-bond donors (Lipinski definition) is 1. The Kier molecular flexibility index (Phi) is 4.24. The summed E-state index contributed by atoms with van der Waals surface area (Å²) in [5, 5.41) is 12.1. The Morgan fingerprint density at radius 2 is 2.12 bits per heavy atom. The van der Waals surface area contributed by atoms with E-state index in [-0.39, 0.29) is 11.9 Å². The van der Waals surface area contributed by atoms with Gasteiger partial charge in [-0.2, -0.15) is 5.26 Å². The topological polar surface area (TPSA) is 70.2 Å². The first-order valence-electron chi connectivity index (χ1n) is 8.53. The maximum absolute atomic E-state index is 12.4. The first-order chi connectivity index (χ1) is 12.2. The van der Waals surface area contributed by atoms with Gasteiger partial charge in [0.2, 0.25) is 0 Å². The second kappa shape index (κ2) is 6.69. The lowest BCUT2D eigenvalue weighted by molar-refractivity contribution is 0.0923. The van der Waals surface area contributed by atoms with E-state index in [2.05, 4.69) is 16.4 Å². The molecule has 1 saturated carbocycles. The fourth-order valence-electron chi connectivity index (χ4n) is 3.29. The Morgan fingerprint density at radius 3 is 2.88 bits per heavy atom. The molecule has 1 aromatic carbocycles. The minimum atomic E-state index is -0.0872. The van der Waals surface area contributed by atoms with E-state index in [0.29, 0.717) is 11.3 Å². The summed E-state index contributed by atoms with van der Waals surface area (Å²) in [6.07, 6.45) is 9.51. The normalized spacial score (nSPS) is 15.2. The number of carbonyl (C=O) groups excluding carboxylic acids is 1. The smallest absolute Gasteiger partial charge is 0.271 e. The van der Waals surface area contributed by atoms with Crippen molar-refractivity contribution in [2.75, 3.05) is 0 Å². The minimum absolute atomic E-state index is 0.0872. The van der Waals surface area contributed by atoms with Crippen molar-refractivity contribution in [2.24, 2.45) is 0 Å². The Balaban J connectivity index is 1.54. The predicted octanol–water partition coefficient (Wildman–Crippen LogP) is 4.00. The number of thiazole rings is 1. The van der Waals surface area contributed by atoms with E-state index in [1.54, 1.807) is 12.3 Å². The molecule has 1 N–H and O–H groups in total. The van der Waals surface area contributed by atoms with Crippen molar-refractivity contribution in [2.45, 2.75) is 38.1 Å². The summed E-state index contributed by atoms with van der Waals surface area (Å²) in [4.78, 5) is 18.7. The number of imidazole rings is 1. The molecule has 1 amide bonds. The number of carbonyl (C=O) groups is 1. The first kappa shape index (κ1) is 15.9. The van der Waals surface area contributed by atoms with Gasteiger partial charge in [-0.1, -0.05) is 42.7 Å². The van der Waals surface area contributed by atoms with Crippen molar-refractivity contribution < 1.29 is 4.79 Å². The van der Waals surface area contributed by atoms with Gasteiger partial charge in [0.25, 0.3) is 5.91 Å². The van der Waals surface area contributed by atoms with E-state index >= 15 is 0 Å². The summed E-state index contributed by atoms with van der Waals surface area (Å²) in [5.41, 5.74) is 2.09. The molecule has 0 atom stereocenters. The van der Waals surface area contributed by atoms with Crippen LogP contribution in [0.15, 0.2) is 36.7 Å². The Hall–Kier alpha value is -2.65. The Morgan fingerprint density at radius 1 is 1.28 bits per heavy atom. The van der Waals surface area contributed by atoms with Crippen LogP contribution in [0.2, 0.25) is 0 Å². The maximum Gasteiger partial charge on any atom is 0.271 e. The Labute approximate surface area is 149 Å². The molecule has 25 heavy (non-hydrogen) atoms. The van der Waals surface area contributed by atoms with Crippen molar-refractivity contribution in [3.05, 3.63) is 47.9 Å². The van der Waals surface area contributed by atoms with Crippen molar-refractivity contribution >= 4 is 22.2 Å². The van der Waals surface area contributed by atoms with Gasteiger partial charge in [0.15, 0.2) is 4.96 Å². The van der Waals surface area contributed by atoms with Gasteiger partial charge in [-0.05, 0) is 30.5 Å². The molecule has 0 bridgehead atoms. The summed E-state index contributed by atoms with van der Waals surface area (Å²) in [7, 11) is 0. The summed E-state index contributed by atoms with van der Waals surface area (Å²) >= 11 is 1.52. The largest absolute Gasteiger partial charge is 0.348 e. The second-order valence-electron chi connectivity index (χ2n) is 6.41. The summed E-state index contributed by atoms with van der Waals surface area (Å²) in [6.45, 7) is 0. The molecule has 0 spiro atoms. The van der Waals surface area contributed by atoms with Crippen molar-refractivity contribution in [3.8, 4) is 16.5 Å². The average Bonchev–Trinajstić information content (AvgIpc) is 3.22. The molecular weight excluding hydrogens is 332 g/mol. The van der Waals surface area contributed by atoms with Crippen LogP contribution in [-0.2, 0) is 0 Å². The van der Waals surface area contributed by atoms with Gasteiger partial charge in [0, 0.05) is 18.4 Å². The molecular formula is C19H18N4OS. The van der Waals surface area contributed by atoms with Crippen molar-refractivity contribution in [1.82, 2.24) is 14.7 Å². The highest BCUT2D eigenvalue weighted by atomic mass is 32.1. The molecule has 0 saturated heterocycles. The number of benzene rings is 1. The fraction of sp³-hybridized carbons (Fsp3) is 0.316. The molecule has 2 heterocycles. The van der Waals surface area contributed by atoms with Gasteiger partial charge >= 0.3 is 0 Å². The number of nitriles is 1. The molecule has 3 aromatic rings. The second-order valence-corrected chi connectivity index (χ2v) is 7.42. The lowest BCUT2D eigenvalue weighted by atomic mass is 9.95. The molecule has 1 fully saturated rings. The van der Waals surface area contributed by atoms with Crippen molar-refractivity contribution in [3.63, 3.8) is 0 Å². The molecule has 1 aliphatic rings. The van der Waals surface area contributed by atoms with Crippen LogP contribution < -0.4 is 5.32 Å². The van der Waals surface area contributed by atoms with Gasteiger partial charge in [0.05, 0.1) is 16.5 Å². The number of fused-ring (bicyclic) bond motifs is 1. The number of rotatable bonds is 3. The quantitative estimate of drug-likeness (QED) is 0.776. The number of nitrogens with zero attached hydrogens (tertiary/aromatic N) is 3. The van der Waals surface area contributed by atoms with Gasteiger partial charge < -0.3 is 5.32 Å². The minimum Gasteiger partial charge on any atom is -0.348 e. The third-order valence-corrected chi connectivity index (χ3v) is 5.65. The van der Waals surface area contributed by atoms with Crippen LogP contribution in [0.1, 0.15) is 48.2 Å². The van der Waals surface area contributed by atoms with Gasteiger partial charge in [-0.15, -0.1) is 0 Å². The van der Waals surface area contributed by atoms with E-state index in [4.69, 9.17) is 5.26 Å². The standard InChI is InChI=1S/C19H18N4OS/c20-10-13-5-4-6-14(9-13)17-12-23-11-16(22-19(23)25-17)18(24)21-15-7-2-1-3-8-15/h4-6,9,11-12,15H,1-3,7-8H2,(H,21,24). The highest BCUT2D eigenvalue weighted by Crippen LogP contribution is 2.29. The number of hydrogen-bond acceptors (Lipinski definition) is 4. The zero-order valence-electron chi connectivity index (χ0n) is 13.7. The third kappa shape index (κ3) is 3.28. The van der Waals surface area contributed by atoms with Gasteiger partial charge in [-0.3, -0.25) is 9.20 Å². The highest BCUT2D eigenvalue weighted by Gasteiger charge is 2.19. The summed E-state index contributed by atoms with van der Waals surface area (Å²) in [6, 6.07) is 9.94. The summed E-state index contributed by atoms with van der Waals surface area (Å²) in [5.74, 6) is -0.0872. The van der Waals surface area contributed by atoms with Crippen LogP contribution in [0.5, 0.6) is 0 Å². The average molecular weight is 350 g/mol. The van der Waals surface area contributed by atoms with Crippen LogP contribution in [-0.4, -0.2) is 21.3 Å². The number of nitrogens with one attached hydrogen (secondary N) is 1. The fourth-order valence-corrected chi connectivity index (χ4v) is 4.25. The predicted molar refractivity (Wildman–Crippen MR) is 97.6 cm³/mol. The monoisotopic (exact) mass is 350 g/mol. The van der Waals surface area contributed by atoms with Crippen LogP contribution in [0.4, 0.5) is 0 Å². The highest BCUT2D eigenvalue weighted by molar-refractivity contribution is 7.20. The molecule has 5 nitrogen and oxygen atoms in total. The number of amides is 1. The van der Waals surface area contributed by atoms with Crippen LogP contribution >= 0.6 is 11.3 Å². The Bertz CT molecular complexity index is 928. The molecule has 1 aliphatic carbocycles. The van der Waals surface area contributed by atoms with E-state index in [1.165, 1.54) is 30.6 Å². The van der Waals surface area contributed by atoms with E-state index in [1.807, 2.05) is 28.8 Å². The maximum atomic E-state index is 12.4. The first-order valence-corrected chi connectivity index (χ1v) is 9.34. The van der Waals surface area contributed by atoms with E-state index < -0.39 is 0 Å². The molecule has 126 valence electrons. The van der Waals surface area contributed by atoms with Crippen LogP contribution in [0.25, 0.3) is 15.4 Å². The molecule has 0 radical (unpaired) electrons. The van der Waals surface area contributed by atoms with Gasteiger partial charge in [-0.25, -0.2) is 4.98 Å². The van der Waals surface area contributed by atoms with Crippen molar-refractivity contribution in [1.29, 1.82) is 5.26 Å². The summed E-state index contributed by atoms with van der Waals surface area (Å²) < 4.78 is 1.88. The molecule has 0 unspecified atom stereocenters. The molecule has 4 rings (SSSR count). The van der Waals surface area contributed by atoms with E-state index in [9.17, 15) is 4.79 Å². The van der Waals surface area contributed by atoms with Crippen LogP contribution in [0.3, 0.4) is 0 Å². The van der Waals surface area contributed by atoms with E-state index in [0.717, 1.165) is 28.2 Å². The van der Waals surface area contributed by atoms with Crippen LogP contribution in [0, 0.1) is 11.3 Å². The molecule has 2 aromatic heterocycles. The SMILES string of the molecule is N#Cc1cccc(-c2cn3cc(C(=O)NC4CCCCC4)nc3s2)c1.